The van der Waals surface area contributed by atoms with Crippen molar-refractivity contribution in [2.45, 2.75) is 63.0 Å². The van der Waals surface area contributed by atoms with Crippen molar-refractivity contribution in [2.75, 3.05) is 13.1 Å². The molecule has 6 nitrogen and oxygen atoms in total. The molecule has 4 atom stereocenters. The largest absolute Gasteiger partial charge is 0.474 e. The van der Waals surface area contributed by atoms with Crippen LogP contribution in [0.25, 0.3) is 0 Å². The molecule has 1 amide bonds. The van der Waals surface area contributed by atoms with Crippen LogP contribution in [0.3, 0.4) is 0 Å². The van der Waals surface area contributed by atoms with E-state index in [1.165, 1.54) is 0 Å². The molecule has 4 rings (SSSR count). The zero-order valence-corrected chi connectivity index (χ0v) is 14.2. The molecule has 4 aliphatic rings. The van der Waals surface area contributed by atoms with Crippen LogP contribution >= 0.6 is 0 Å². The van der Waals surface area contributed by atoms with Crippen molar-refractivity contribution < 1.29 is 19.8 Å². The van der Waals surface area contributed by atoms with Gasteiger partial charge in [0.25, 0.3) is 0 Å². The molecule has 6 heteroatoms. The average molecular weight is 334 g/mol. The predicted molar refractivity (Wildman–Crippen MR) is 87.0 cm³/mol. The van der Waals surface area contributed by atoms with E-state index in [4.69, 9.17) is 5.11 Å². The molecule has 1 saturated carbocycles. The Morgan fingerprint density at radius 1 is 1.29 bits per heavy atom. The van der Waals surface area contributed by atoms with Crippen molar-refractivity contribution in [3.8, 4) is 0 Å². The van der Waals surface area contributed by atoms with Crippen molar-refractivity contribution in [3.63, 3.8) is 0 Å². The maximum absolute atomic E-state index is 11.8. The number of allylic oxidation sites excluding steroid dienone is 1. The molecule has 3 N–H and O–H groups in total. The summed E-state index contributed by atoms with van der Waals surface area (Å²) in [5.41, 5.74) is 0.750. The van der Waals surface area contributed by atoms with Crippen LogP contribution in [-0.2, 0) is 9.59 Å². The van der Waals surface area contributed by atoms with Gasteiger partial charge in [-0.05, 0) is 75.4 Å². The second kappa shape index (κ2) is 5.30. The van der Waals surface area contributed by atoms with Gasteiger partial charge in [-0.25, -0.2) is 4.79 Å². The van der Waals surface area contributed by atoms with E-state index < -0.39 is 23.0 Å². The molecule has 24 heavy (non-hydrogen) atoms. The third-order valence-corrected chi connectivity index (χ3v) is 6.88. The van der Waals surface area contributed by atoms with Crippen molar-refractivity contribution in [1.29, 1.82) is 0 Å². The Hall–Kier alpha value is -1.40. The number of hydrogen-bond acceptors (Lipinski definition) is 4. The Labute approximate surface area is 141 Å². The molecule has 3 fully saturated rings. The molecule has 4 unspecified atom stereocenters. The number of carbonyl (C=O) groups is 2. The van der Waals surface area contributed by atoms with Gasteiger partial charge in [0, 0.05) is 5.70 Å². The lowest BCUT2D eigenvalue weighted by atomic mass is 9.49. The molecular formula is C18H26N2O4. The number of carboxylic acids is 1. The predicted octanol–water partition coefficient (Wildman–Crippen LogP) is 1.25. The van der Waals surface area contributed by atoms with Crippen LogP contribution in [-0.4, -0.2) is 51.2 Å². The van der Waals surface area contributed by atoms with Gasteiger partial charge in [-0.1, -0.05) is 6.92 Å². The third kappa shape index (κ3) is 1.96. The lowest BCUT2D eigenvalue weighted by Crippen LogP contribution is -2.76. The van der Waals surface area contributed by atoms with Gasteiger partial charge in [0.1, 0.15) is 0 Å². The van der Waals surface area contributed by atoms with Gasteiger partial charge in [0.15, 0.2) is 0 Å². The molecule has 2 aliphatic carbocycles. The molecule has 1 spiro atoms. The summed E-state index contributed by atoms with van der Waals surface area (Å²) in [4.78, 5) is 25.2. The van der Waals surface area contributed by atoms with E-state index in [1.54, 1.807) is 0 Å². The molecule has 2 bridgehead atoms. The summed E-state index contributed by atoms with van der Waals surface area (Å²) in [5.74, 6) is -1.79. The normalized spacial score (nSPS) is 41.6. The van der Waals surface area contributed by atoms with Gasteiger partial charge >= 0.3 is 11.9 Å². The highest BCUT2D eigenvalue weighted by atomic mass is 16.4. The van der Waals surface area contributed by atoms with Crippen molar-refractivity contribution >= 4 is 11.9 Å². The first kappa shape index (κ1) is 16.1. The van der Waals surface area contributed by atoms with E-state index in [0.717, 1.165) is 62.9 Å². The van der Waals surface area contributed by atoms with Gasteiger partial charge in [-0.3, -0.25) is 9.69 Å². The second-order valence-corrected chi connectivity index (χ2v) is 8.14. The Kier molecular flexibility index (Phi) is 3.55. The topological polar surface area (TPSA) is 89.9 Å². The van der Waals surface area contributed by atoms with E-state index in [2.05, 4.69) is 17.1 Å². The summed E-state index contributed by atoms with van der Waals surface area (Å²) >= 11 is 0. The van der Waals surface area contributed by atoms with Gasteiger partial charge in [-0.2, -0.15) is 0 Å². The summed E-state index contributed by atoms with van der Waals surface area (Å²) in [6.45, 7) is 4.21. The van der Waals surface area contributed by atoms with E-state index in [-0.39, 0.29) is 5.92 Å². The van der Waals surface area contributed by atoms with Crippen molar-refractivity contribution in [1.82, 2.24) is 10.2 Å². The van der Waals surface area contributed by atoms with Crippen LogP contribution in [0.1, 0.15) is 51.9 Å². The Morgan fingerprint density at radius 2 is 2.04 bits per heavy atom. The number of carbonyl (C=O) groups excluding carboxylic acids is 1. The minimum atomic E-state index is -1.45. The number of piperidine rings is 2. The van der Waals surface area contributed by atoms with Gasteiger partial charge in [-0.15, -0.1) is 0 Å². The second-order valence-electron chi connectivity index (χ2n) is 8.14. The number of aliphatic carboxylic acids is 1. The molecule has 0 aromatic rings. The first-order chi connectivity index (χ1) is 11.4. The summed E-state index contributed by atoms with van der Waals surface area (Å²) in [6, 6.07) is 0. The lowest BCUT2D eigenvalue weighted by Gasteiger charge is -2.68. The smallest absolute Gasteiger partial charge is 0.394 e. The Morgan fingerprint density at radius 3 is 2.79 bits per heavy atom. The standard InChI is InChI=1S/C18H26N2O4/c1-11-8-12-9-14(19-15(21)16(22)23)13-4-2-6-20-7-3-5-18(12,24)17(13,20)10-11/h11-12,24H,2-10H2,1H3,(H,19,21)(H,22,23). The van der Waals surface area contributed by atoms with Crippen LogP contribution < -0.4 is 5.32 Å². The maximum Gasteiger partial charge on any atom is 0.394 e. The first-order valence-corrected chi connectivity index (χ1v) is 9.12. The molecule has 2 aliphatic heterocycles. The fourth-order valence-corrected chi connectivity index (χ4v) is 6.20. The molecular weight excluding hydrogens is 308 g/mol. The van der Waals surface area contributed by atoms with E-state index in [0.29, 0.717) is 12.3 Å². The fourth-order valence-electron chi connectivity index (χ4n) is 6.20. The van der Waals surface area contributed by atoms with Crippen LogP contribution in [0.5, 0.6) is 0 Å². The number of nitrogens with zero attached hydrogens (tertiary/aromatic N) is 1. The minimum absolute atomic E-state index is 0.0926. The lowest BCUT2D eigenvalue weighted by molar-refractivity contribution is -0.203. The highest BCUT2D eigenvalue weighted by Crippen LogP contribution is 2.61. The Balaban J connectivity index is 1.85. The third-order valence-electron chi connectivity index (χ3n) is 6.88. The maximum atomic E-state index is 11.8. The number of carboxylic acid groups (broad SMARTS) is 1. The highest BCUT2D eigenvalue weighted by molar-refractivity contribution is 6.31. The summed E-state index contributed by atoms with van der Waals surface area (Å²) < 4.78 is 0. The van der Waals surface area contributed by atoms with Gasteiger partial charge in [0.05, 0.1) is 11.1 Å². The molecule has 132 valence electrons. The van der Waals surface area contributed by atoms with Crippen LogP contribution in [0.15, 0.2) is 11.3 Å². The quantitative estimate of drug-likeness (QED) is 0.628. The summed E-state index contributed by atoms with van der Waals surface area (Å²) in [7, 11) is 0. The van der Waals surface area contributed by atoms with E-state index in [9.17, 15) is 14.7 Å². The summed E-state index contributed by atoms with van der Waals surface area (Å²) in [5, 5.41) is 23.4. The van der Waals surface area contributed by atoms with E-state index >= 15 is 0 Å². The molecule has 2 saturated heterocycles. The monoisotopic (exact) mass is 334 g/mol. The zero-order valence-electron chi connectivity index (χ0n) is 14.2. The molecule has 0 radical (unpaired) electrons. The average Bonchev–Trinajstić information content (AvgIpc) is 2.51. The molecule has 0 aromatic heterocycles. The number of rotatable bonds is 1. The number of amides is 1. The fraction of sp³-hybridized carbons (Fsp3) is 0.778. The minimum Gasteiger partial charge on any atom is -0.474 e. The number of nitrogens with one attached hydrogen (secondary N) is 1. The van der Waals surface area contributed by atoms with Crippen LogP contribution in [0.4, 0.5) is 0 Å². The van der Waals surface area contributed by atoms with Crippen LogP contribution in [0.2, 0.25) is 0 Å². The molecule has 0 aromatic carbocycles. The molecule has 2 heterocycles. The van der Waals surface area contributed by atoms with Gasteiger partial charge < -0.3 is 15.5 Å². The zero-order chi connectivity index (χ0) is 17.1. The first-order valence-electron chi connectivity index (χ1n) is 9.12. The number of hydrogen-bond donors (Lipinski definition) is 3. The SMILES string of the molecule is CC1CC2CC(NC(=O)C(=O)O)=C3CCCN4CCCC2(O)C34C1. The van der Waals surface area contributed by atoms with Crippen molar-refractivity contribution in [3.05, 3.63) is 11.3 Å². The van der Waals surface area contributed by atoms with Gasteiger partial charge in [0.2, 0.25) is 0 Å². The highest BCUT2D eigenvalue weighted by Gasteiger charge is 2.66. The summed E-state index contributed by atoms with van der Waals surface area (Å²) in [6.07, 6.45) is 6.09. The van der Waals surface area contributed by atoms with Crippen molar-refractivity contribution in [2.24, 2.45) is 11.8 Å². The van der Waals surface area contributed by atoms with Crippen LogP contribution in [0, 0.1) is 11.8 Å². The number of aliphatic hydroxyl groups is 1. The van der Waals surface area contributed by atoms with E-state index in [1.807, 2.05) is 0 Å². The Bertz CT molecular complexity index is 629.